The molecule has 50 heavy (non-hydrogen) atoms. The van der Waals surface area contributed by atoms with Crippen LogP contribution in [0.5, 0.6) is 5.75 Å². The first-order valence-corrected chi connectivity index (χ1v) is 15.5. The van der Waals surface area contributed by atoms with Gasteiger partial charge in [-0.3, -0.25) is 14.6 Å². The maximum atomic E-state index is 15.1. The summed E-state index contributed by atoms with van der Waals surface area (Å²) in [5.74, 6) is -4.82. The number of alkyl halides is 7. The van der Waals surface area contributed by atoms with Gasteiger partial charge in [-0.2, -0.15) is 30.7 Å². The van der Waals surface area contributed by atoms with Gasteiger partial charge in [-0.15, -0.1) is 0 Å². The summed E-state index contributed by atoms with van der Waals surface area (Å²) in [5, 5.41) is 7.40. The molecule has 270 valence electrons. The lowest BCUT2D eigenvalue weighted by molar-refractivity contribution is -0.253. The molecular weight excluding hydrogens is 704 g/mol. The molecule has 4 atom stereocenters. The van der Waals surface area contributed by atoms with Crippen molar-refractivity contribution in [3.63, 3.8) is 0 Å². The van der Waals surface area contributed by atoms with Crippen LogP contribution in [0.15, 0.2) is 66.9 Å². The zero-order valence-electron chi connectivity index (χ0n) is 26.2. The molecule has 3 amide bonds. The van der Waals surface area contributed by atoms with Crippen LogP contribution in [-0.4, -0.2) is 53.5 Å². The van der Waals surface area contributed by atoms with E-state index in [9.17, 15) is 45.1 Å². The molecule has 2 aromatic carbocycles. The van der Waals surface area contributed by atoms with Crippen molar-refractivity contribution in [1.29, 1.82) is 0 Å². The van der Waals surface area contributed by atoms with Crippen molar-refractivity contribution in [2.24, 2.45) is 5.92 Å². The molecule has 0 saturated heterocycles. The molecule has 17 heteroatoms. The van der Waals surface area contributed by atoms with Gasteiger partial charge in [0.2, 0.25) is 5.91 Å². The van der Waals surface area contributed by atoms with Crippen molar-refractivity contribution in [3.05, 3.63) is 94.5 Å². The van der Waals surface area contributed by atoms with E-state index < -0.39 is 78.0 Å². The number of urea groups is 1. The number of benzene rings is 2. The third-order valence-corrected chi connectivity index (χ3v) is 8.24. The third kappa shape index (κ3) is 9.82. The summed E-state index contributed by atoms with van der Waals surface area (Å²) in [6.45, 7) is 0.965. The number of pyridine rings is 1. The Kier molecular flexibility index (Phi) is 12.0. The third-order valence-electron chi connectivity index (χ3n) is 8.02. The topological polar surface area (TPSA) is 109 Å². The maximum Gasteiger partial charge on any atom is 0.461 e. The van der Waals surface area contributed by atoms with Gasteiger partial charge in [0.05, 0.1) is 10.7 Å². The molecule has 0 bridgehead atoms. The molecule has 8 nitrogen and oxygen atoms in total. The van der Waals surface area contributed by atoms with Crippen molar-refractivity contribution in [2.75, 3.05) is 0 Å². The van der Waals surface area contributed by atoms with Crippen LogP contribution in [0.1, 0.15) is 49.4 Å². The fourth-order valence-electron chi connectivity index (χ4n) is 5.71. The number of nitrogens with one attached hydrogen (secondary N) is 3. The van der Waals surface area contributed by atoms with Crippen molar-refractivity contribution in [1.82, 2.24) is 20.9 Å². The van der Waals surface area contributed by atoms with Crippen LogP contribution in [0, 0.1) is 11.7 Å². The van der Waals surface area contributed by atoms with E-state index in [0.717, 1.165) is 19.1 Å². The number of ether oxygens (including phenoxy) is 1. The Hall–Kier alpha value is -4.47. The Bertz CT molecular complexity index is 1660. The quantitative estimate of drug-likeness (QED) is 0.163. The maximum absolute atomic E-state index is 15.1. The van der Waals surface area contributed by atoms with Crippen molar-refractivity contribution in [3.8, 4) is 5.75 Å². The Morgan fingerprint density at radius 1 is 1.00 bits per heavy atom. The van der Waals surface area contributed by atoms with Gasteiger partial charge in [0.1, 0.15) is 28.9 Å². The number of carbonyl (C=O) groups excluding carboxylic acids is 3. The van der Waals surface area contributed by atoms with Crippen LogP contribution in [0.4, 0.5) is 39.9 Å². The lowest BCUT2D eigenvalue weighted by Gasteiger charge is -2.36. The van der Waals surface area contributed by atoms with Crippen LogP contribution in [0.2, 0.25) is 5.02 Å². The van der Waals surface area contributed by atoms with Crippen LogP contribution in [-0.2, 0) is 21.5 Å². The van der Waals surface area contributed by atoms with Gasteiger partial charge in [0.25, 0.3) is 0 Å². The number of nitrogens with zero attached hydrogens (tertiary/aromatic N) is 1. The predicted molar refractivity (Wildman–Crippen MR) is 164 cm³/mol. The largest absolute Gasteiger partial charge is 0.461 e. The van der Waals surface area contributed by atoms with Crippen LogP contribution < -0.4 is 20.7 Å². The summed E-state index contributed by atoms with van der Waals surface area (Å²) < 4.78 is 113. The monoisotopic (exact) mass is 734 g/mol. The molecule has 4 rings (SSSR count). The van der Waals surface area contributed by atoms with Crippen molar-refractivity contribution < 1.29 is 54.2 Å². The van der Waals surface area contributed by atoms with Gasteiger partial charge in [-0.1, -0.05) is 41.9 Å². The van der Waals surface area contributed by atoms with E-state index in [0.29, 0.717) is 11.6 Å². The number of ketones is 1. The van der Waals surface area contributed by atoms with Gasteiger partial charge in [-0.25, -0.2) is 9.18 Å². The van der Waals surface area contributed by atoms with E-state index in [1.807, 2.05) is 5.32 Å². The molecule has 1 aliphatic rings. The average molecular weight is 735 g/mol. The standard InChI is InChI=1S/C33H31ClF8N4O4/c1-18(47)11-27(32(38,39)40)45-28(48)20-7-9-24(12-20)44-30(49)46-31(16-19-5-3-2-4-6-19,26-10-8-22(34)17-43-26)21-13-23(35)15-25(14-21)50-33(41,42)29(36)37/h2-6,8,10,13-15,17,20,24,27,29H,7,9,11-12,16H2,1H3,(H,45,48)(H2,44,46,49)/t20-,24+,27?,31-/m0/s1. The number of rotatable bonds is 13. The molecule has 0 radical (unpaired) electrons. The molecule has 0 spiro atoms. The van der Waals surface area contributed by atoms with Crippen LogP contribution in [0.3, 0.4) is 0 Å². The number of carbonyl (C=O) groups is 3. The Labute approximate surface area is 285 Å². The molecule has 1 unspecified atom stereocenters. The fourth-order valence-corrected chi connectivity index (χ4v) is 5.82. The van der Waals surface area contributed by atoms with E-state index in [1.165, 1.54) is 18.3 Å². The number of hydrogen-bond donors (Lipinski definition) is 3. The highest BCUT2D eigenvalue weighted by atomic mass is 35.5. The average Bonchev–Trinajstić information content (AvgIpc) is 3.48. The molecule has 1 aliphatic carbocycles. The molecule has 1 aromatic heterocycles. The zero-order chi connectivity index (χ0) is 36.9. The Morgan fingerprint density at radius 2 is 1.70 bits per heavy atom. The first-order chi connectivity index (χ1) is 23.4. The summed E-state index contributed by atoms with van der Waals surface area (Å²) in [6, 6.07) is 9.20. The minimum absolute atomic E-state index is 0.0189. The zero-order valence-corrected chi connectivity index (χ0v) is 26.9. The van der Waals surface area contributed by atoms with E-state index in [-0.39, 0.29) is 42.0 Å². The highest BCUT2D eigenvalue weighted by molar-refractivity contribution is 6.30. The lowest BCUT2D eigenvalue weighted by Crippen LogP contribution is -2.54. The minimum Gasteiger partial charge on any atom is -0.428 e. The highest BCUT2D eigenvalue weighted by Gasteiger charge is 2.46. The van der Waals surface area contributed by atoms with Crippen LogP contribution >= 0.6 is 11.6 Å². The second-order valence-electron chi connectivity index (χ2n) is 11.9. The number of amides is 3. The molecular formula is C33H31ClF8N4O4. The van der Waals surface area contributed by atoms with Crippen molar-refractivity contribution >= 4 is 29.3 Å². The molecule has 1 fully saturated rings. The summed E-state index contributed by atoms with van der Waals surface area (Å²) in [7, 11) is 0. The normalized spacial score (nSPS) is 18.2. The first kappa shape index (κ1) is 38.3. The number of aromatic nitrogens is 1. The highest BCUT2D eigenvalue weighted by Crippen LogP contribution is 2.38. The van der Waals surface area contributed by atoms with Gasteiger partial charge in [-0.05, 0) is 61.6 Å². The molecule has 3 N–H and O–H groups in total. The van der Waals surface area contributed by atoms with Gasteiger partial charge in [0, 0.05) is 37.1 Å². The smallest absolute Gasteiger partial charge is 0.428 e. The van der Waals surface area contributed by atoms with Gasteiger partial charge >= 0.3 is 24.7 Å². The SMILES string of the molecule is CC(=O)CC(NC(=O)[C@H]1CC[C@@H](NC(=O)N[C@@](Cc2ccccc2)(c2cc(F)cc(OC(F)(F)C(F)F)c2)c2ccc(Cl)cn2)C1)C(F)(F)F. The molecule has 1 heterocycles. The van der Waals surface area contributed by atoms with Crippen LogP contribution in [0.25, 0.3) is 0 Å². The first-order valence-electron chi connectivity index (χ1n) is 15.1. The second-order valence-corrected chi connectivity index (χ2v) is 12.3. The van der Waals surface area contributed by atoms with Gasteiger partial charge in [0.15, 0.2) is 0 Å². The van der Waals surface area contributed by atoms with E-state index in [2.05, 4.69) is 20.4 Å². The summed E-state index contributed by atoms with van der Waals surface area (Å²) in [6.07, 6.45) is -13.9. The Balaban J connectivity index is 1.67. The Morgan fingerprint density at radius 3 is 2.30 bits per heavy atom. The number of halogens is 9. The van der Waals surface area contributed by atoms with Gasteiger partial charge < -0.3 is 20.7 Å². The second kappa shape index (κ2) is 15.6. The number of Topliss-reactive ketones (excluding diaryl/α,β-unsaturated/α-hetero) is 1. The molecule has 3 aromatic rings. The van der Waals surface area contributed by atoms with E-state index in [4.69, 9.17) is 11.6 Å². The van der Waals surface area contributed by atoms with Crippen molar-refractivity contribution in [2.45, 2.75) is 75.4 Å². The molecule has 1 saturated carbocycles. The molecule has 0 aliphatic heterocycles. The fraction of sp³-hybridized carbons (Fsp3) is 0.394. The van der Waals surface area contributed by atoms with E-state index in [1.54, 1.807) is 30.3 Å². The number of hydrogen-bond acceptors (Lipinski definition) is 5. The van der Waals surface area contributed by atoms with E-state index >= 15 is 4.39 Å². The summed E-state index contributed by atoms with van der Waals surface area (Å²) in [4.78, 5) is 42.1. The minimum atomic E-state index is -4.99. The summed E-state index contributed by atoms with van der Waals surface area (Å²) >= 11 is 6.05. The predicted octanol–water partition coefficient (Wildman–Crippen LogP) is 7.09. The lowest BCUT2D eigenvalue weighted by atomic mass is 9.80. The summed E-state index contributed by atoms with van der Waals surface area (Å²) in [5.41, 5.74) is -1.60.